The Bertz CT molecular complexity index is 880. The van der Waals surface area contributed by atoms with Gasteiger partial charge in [0.25, 0.3) is 5.91 Å². The number of hydrogen-bond acceptors (Lipinski definition) is 4. The number of likely N-dealkylation sites (tertiary alicyclic amines) is 1. The maximum Gasteiger partial charge on any atom is 0.325 e. The van der Waals surface area contributed by atoms with E-state index in [4.69, 9.17) is 16.3 Å². The summed E-state index contributed by atoms with van der Waals surface area (Å²) in [7, 11) is 1.54. The average molecular weight is 462 g/mol. The van der Waals surface area contributed by atoms with Gasteiger partial charge in [-0.15, -0.1) is 0 Å². The van der Waals surface area contributed by atoms with Crippen LogP contribution in [0.25, 0.3) is 0 Å². The Morgan fingerprint density at radius 3 is 2.59 bits per heavy atom. The van der Waals surface area contributed by atoms with Gasteiger partial charge in [0.15, 0.2) is 0 Å². The summed E-state index contributed by atoms with van der Waals surface area (Å²) in [6, 6.07) is 6.99. The minimum absolute atomic E-state index is 0.0131. The summed E-state index contributed by atoms with van der Waals surface area (Å²) in [5, 5.41) is 3.58. The zero-order chi connectivity index (χ0) is 23.3. The number of amides is 4. The number of allylic oxidation sites excluding steroid dienone is 1. The first-order chi connectivity index (χ1) is 15.3. The van der Waals surface area contributed by atoms with E-state index in [2.05, 4.69) is 5.32 Å². The number of halogens is 1. The number of rotatable bonds is 8. The Labute approximate surface area is 194 Å². The van der Waals surface area contributed by atoms with Crippen molar-refractivity contribution in [2.24, 2.45) is 11.8 Å². The highest BCUT2D eigenvalue weighted by Crippen LogP contribution is 2.37. The van der Waals surface area contributed by atoms with Crippen molar-refractivity contribution in [3.05, 3.63) is 47.0 Å². The molecule has 7 nitrogen and oxygen atoms in total. The van der Waals surface area contributed by atoms with Crippen LogP contribution in [0, 0.1) is 11.8 Å². The van der Waals surface area contributed by atoms with Crippen LogP contribution in [0.3, 0.4) is 0 Å². The van der Waals surface area contributed by atoms with Crippen molar-refractivity contribution in [2.45, 2.75) is 38.6 Å². The second kappa shape index (κ2) is 10.5. The summed E-state index contributed by atoms with van der Waals surface area (Å²) >= 11 is 6.41. The van der Waals surface area contributed by atoms with E-state index in [0.717, 1.165) is 5.56 Å². The number of urea groups is 1. The molecule has 4 amide bonds. The van der Waals surface area contributed by atoms with Gasteiger partial charge in [0.05, 0.1) is 13.2 Å². The van der Waals surface area contributed by atoms with Gasteiger partial charge in [0.2, 0.25) is 5.91 Å². The monoisotopic (exact) mass is 461 g/mol. The fourth-order valence-electron chi connectivity index (χ4n) is 4.49. The summed E-state index contributed by atoms with van der Waals surface area (Å²) in [5.74, 6) is -0.0644. The first kappa shape index (κ1) is 24.3. The van der Waals surface area contributed by atoms with Crippen molar-refractivity contribution < 1.29 is 19.1 Å². The number of methoxy groups -OCH3 is 1. The number of ether oxygens (including phenoxy) is 1. The molecule has 0 radical (unpaired) electrons. The van der Waals surface area contributed by atoms with Crippen LogP contribution in [0.1, 0.15) is 32.3 Å². The highest BCUT2D eigenvalue weighted by atomic mass is 35.5. The van der Waals surface area contributed by atoms with Gasteiger partial charge in [-0.05, 0) is 42.4 Å². The number of carbonyl (C=O) groups is 3. The van der Waals surface area contributed by atoms with E-state index in [-0.39, 0.29) is 30.9 Å². The van der Waals surface area contributed by atoms with Crippen molar-refractivity contribution in [2.75, 3.05) is 33.4 Å². The average Bonchev–Trinajstić information content (AvgIpc) is 3.02. The molecule has 0 spiro atoms. The fourth-order valence-corrected chi connectivity index (χ4v) is 4.69. The lowest BCUT2D eigenvalue weighted by Gasteiger charge is -2.41. The van der Waals surface area contributed by atoms with Gasteiger partial charge in [-0.3, -0.25) is 14.5 Å². The van der Waals surface area contributed by atoms with Crippen molar-refractivity contribution in [3.63, 3.8) is 0 Å². The molecule has 32 heavy (non-hydrogen) atoms. The highest BCUT2D eigenvalue weighted by molar-refractivity contribution is 6.31. The lowest BCUT2D eigenvalue weighted by atomic mass is 9.74. The van der Waals surface area contributed by atoms with E-state index in [1.165, 1.54) is 12.0 Å². The predicted molar refractivity (Wildman–Crippen MR) is 123 cm³/mol. The number of nitrogens with zero attached hydrogens (tertiary/aromatic N) is 2. The summed E-state index contributed by atoms with van der Waals surface area (Å²) in [6.07, 6.45) is 5.07. The smallest absolute Gasteiger partial charge is 0.325 e. The van der Waals surface area contributed by atoms with Crippen LogP contribution in [0.4, 0.5) is 4.79 Å². The molecule has 2 fully saturated rings. The zero-order valence-corrected chi connectivity index (χ0v) is 19.7. The van der Waals surface area contributed by atoms with Crippen LogP contribution >= 0.6 is 11.6 Å². The van der Waals surface area contributed by atoms with Gasteiger partial charge in [-0.2, -0.15) is 0 Å². The fraction of sp³-hybridized carbons (Fsp3) is 0.542. The number of nitrogens with one attached hydrogen (secondary N) is 1. The first-order valence-corrected chi connectivity index (χ1v) is 11.5. The molecule has 1 aromatic carbocycles. The molecule has 1 aromatic rings. The number of imide groups is 1. The minimum Gasteiger partial charge on any atom is -0.383 e. The summed E-state index contributed by atoms with van der Waals surface area (Å²) in [5.41, 5.74) is -0.270. The molecule has 3 rings (SSSR count). The highest BCUT2D eigenvalue weighted by Gasteiger charge is 2.56. The van der Waals surface area contributed by atoms with E-state index in [0.29, 0.717) is 43.3 Å². The summed E-state index contributed by atoms with van der Waals surface area (Å²) in [6.45, 7) is 5.60. The zero-order valence-electron chi connectivity index (χ0n) is 19.0. The van der Waals surface area contributed by atoms with E-state index >= 15 is 0 Å². The van der Waals surface area contributed by atoms with Crippen LogP contribution in [-0.2, 0) is 20.7 Å². The van der Waals surface area contributed by atoms with E-state index < -0.39 is 11.6 Å². The molecule has 0 bridgehead atoms. The van der Waals surface area contributed by atoms with Crippen molar-refractivity contribution in [3.8, 4) is 0 Å². The molecule has 0 saturated carbocycles. The predicted octanol–water partition coefficient (Wildman–Crippen LogP) is 3.27. The van der Waals surface area contributed by atoms with Gasteiger partial charge >= 0.3 is 6.03 Å². The molecule has 2 heterocycles. The molecule has 2 aliphatic heterocycles. The van der Waals surface area contributed by atoms with Crippen molar-refractivity contribution in [1.82, 2.24) is 15.1 Å². The standard InChI is InChI=1S/C24H32ClN3O4/c1-17(2)8-9-21(29)27-12-10-19(11-13-27)24(16-18-6-4-5-7-20(18)25)22(30)28(14-15-32-3)23(31)26-24/h4-9,17,19H,10-16H2,1-3H3,(H,26,31)/b9-8+/t24-/m0/s1. The summed E-state index contributed by atoms with van der Waals surface area (Å²) in [4.78, 5) is 41.9. The Kier molecular flexibility index (Phi) is 7.96. The quantitative estimate of drug-likeness (QED) is 0.476. The minimum atomic E-state index is -1.08. The molecule has 8 heteroatoms. The topological polar surface area (TPSA) is 79.0 Å². The molecule has 0 aromatic heterocycles. The van der Waals surface area contributed by atoms with E-state index in [9.17, 15) is 14.4 Å². The van der Waals surface area contributed by atoms with E-state index in [1.807, 2.05) is 43.0 Å². The number of carbonyl (C=O) groups excluding carboxylic acids is 3. The molecule has 2 saturated heterocycles. The molecule has 1 N–H and O–H groups in total. The first-order valence-electron chi connectivity index (χ1n) is 11.1. The normalized spacial score (nSPS) is 22.3. The molecular weight excluding hydrogens is 430 g/mol. The van der Waals surface area contributed by atoms with Gasteiger partial charge in [-0.25, -0.2) is 4.79 Å². The van der Waals surface area contributed by atoms with Crippen molar-refractivity contribution in [1.29, 1.82) is 0 Å². The third-order valence-corrected chi connectivity index (χ3v) is 6.64. The summed E-state index contributed by atoms with van der Waals surface area (Å²) < 4.78 is 5.09. The molecule has 174 valence electrons. The second-order valence-corrected chi connectivity index (χ2v) is 9.23. The SMILES string of the molecule is COCCN1C(=O)N[C@@](Cc2ccccc2Cl)(C2CCN(C(=O)/C=C/C(C)C)CC2)C1=O. The number of hydrogen-bond donors (Lipinski definition) is 1. The Hall–Kier alpha value is -2.38. The molecular formula is C24H32ClN3O4. The van der Waals surface area contributed by atoms with Gasteiger partial charge in [0.1, 0.15) is 5.54 Å². The van der Waals surface area contributed by atoms with E-state index in [1.54, 1.807) is 12.1 Å². The second-order valence-electron chi connectivity index (χ2n) is 8.82. The lowest BCUT2D eigenvalue weighted by Crippen LogP contribution is -2.58. The maximum absolute atomic E-state index is 13.6. The van der Waals surface area contributed by atoms with Gasteiger partial charge in [0, 0.05) is 31.6 Å². The van der Waals surface area contributed by atoms with Crippen molar-refractivity contribution >= 4 is 29.4 Å². The molecule has 0 aliphatic carbocycles. The number of piperidine rings is 1. The van der Waals surface area contributed by atoms with Crippen LogP contribution < -0.4 is 5.32 Å². The third-order valence-electron chi connectivity index (χ3n) is 6.28. The molecule has 2 aliphatic rings. The Morgan fingerprint density at radius 1 is 1.28 bits per heavy atom. The van der Waals surface area contributed by atoms with Crippen LogP contribution in [0.15, 0.2) is 36.4 Å². The lowest BCUT2D eigenvalue weighted by molar-refractivity contribution is -0.135. The largest absolute Gasteiger partial charge is 0.383 e. The van der Waals surface area contributed by atoms with Gasteiger partial charge < -0.3 is 15.0 Å². The Morgan fingerprint density at radius 2 is 1.97 bits per heavy atom. The molecule has 1 atom stereocenters. The van der Waals surface area contributed by atoms with Crippen LogP contribution in [-0.4, -0.2) is 66.5 Å². The van der Waals surface area contributed by atoms with Gasteiger partial charge in [-0.1, -0.05) is 49.7 Å². The number of benzene rings is 1. The third kappa shape index (κ3) is 5.15. The Balaban J connectivity index is 1.83. The molecule has 0 unspecified atom stereocenters. The van der Waals surface area contributed by atoms with Crippen LogP contribution in [0.5, 0.6) is 0 Å². The maximum atomic E-state index is 13.6. The van der Waals surface area contributed by atoms with Crippen LogP contribution in [0.2, 0.25) is 5.02 Å².